The zero-order chi connectivity index (χ0) is 24.8. The summed E-state index contributed by atoms with van der Waals surface area (Å²) in [6.07, 6.45) is 3.98. The number of nitrogens with one attached hydrogen (secondary N) is 1. The van der Waals surface area contributed by atoms with E-state index < -0.39 is 0 Å². The quantitative estimate of drug-likeness (QED) is 0.395. The summed E-state index contributed by atoms with van der Waals surface area (Å²) in [4.78, 5) is 21.1. The number of hydrogen-bond acceptors (Lipinski definition) is 6. The minimum atomic E-state index is -0.195. The van der Waals surface area contributed by atoms with E-state index >= 15 is 0 Å². The van der Waals surface area contributed by atoms with Crippen molar-refractivity contribution in [1.29, 1.82) is 0 Å². The Balaban J connectivity index is 1.55. The van der Waals surface area contributed by atoms with Gasteiger partial charge in [-0.3, -0.25) is 14.7 Å². The second-order valence-corrected chi connectivity index (χ2v) is 9.67. The number of hydrogen-bond donors (Lipinski definition) is 1. The zero-order valence-corrected chi connectivity index (χ0v) is 21.9. The summed E-state index contributed by atoms with van der Waals surface area (Å²) in [6, 6.07) is 8.25. The fraction of sp³-hybridized carbons (Fsp3) is 0.577. The van der Waals surface area contributed by atoms with E-state index in [0.29, 0.717) is 24.5 Å². The molecule has 0 bridgehead atoms. The minimum Gasteiger partial charge on any atom is -0.469 e. The Morgan fingerprint density at radius 3 is 2.71 bits per heavy atom. The average molecular weight is 500 g/mol. The largest absolute Gasteiger partial charge is 0.469 e. The maximum atomic E-state index is 11.7. The van der Waals surface area contributed by atoms with Crippen LogP contribution in [-0.4, -0.2) is 76.9 Å². The molecular formula is C26H37N5O3S. The van der Waals surface area contributed by atoms with Crippen LogP contribution in [0.5, 0.6) is 0 Å². The highest BCUT2D eigenvalue weighted by atomic mass is 32.1. The van der Waals surface area contributed by atoms with Crippen molar-refractivity contribution in [2.75, 3.05) is 46.5 Å². The van der Waals surface area contributed by atoms with Gasteiger partial charge in [-0.15, -0.1) is 0 Å². The van der Waals surface area contributed by atoms with Gasteiger partial charge in [0, 0.05) is 56.7 Å². The van der Waals surface area contributed by atoms with Crippen molar-refractivity contribution in [1.82, 2.24) is 24.7 Å². The van der Waals surface area contributed by atoms with E-state index in [1.54, 1.807) is 0 Å². The Kier molecular flexibility index (Phi) is 8.75. The van der Waals surface area contributed by atoms with Crippen LogP contribution in [0, 0.1) is 13.8 Å². The number of esters is 1. The van der Waals surface area contributed by atoms with E-state index in [1.807, 2.05) is 24.4 Å². The molecule has 4 rings (SSSR count). The lowest BCUT2D eigenvalue weighted by atomic mass is 9.96. The van der Waals surface area contributed by atoms with Crippen LogP contribution in [-0.2, 0) is 20.8 Å². The number of morpholine rings is 1. The van der Waals surface area contributed by atoms with Crippen molar-refractivity contribution < 1.29 is 14.3 Å². The molecule has 2 saturated heterocycles. The van der Waals surface area contributed by atoms with E-state index in [9.17, 15) is 4.79 Å². The molecular weight excluding hydrogens is 462 g/mol. The van der Waals surface area contributed by atoms with Gasteiger partial charge in [-0.05, 0) is 62.7 Å². The van der Waals surface area contributed by atoms with Gasteiger partial charge in [0.1, 0.15) is 0 Å². The average Bonchev–Trinajstić information content (AvgIpc) is 3.35. The molecule has 2 fully saturated rings. The van der Waals surface area contributed by atoms with Gasteiger partial charge in [0.25, 0.3) is 0 Å². The molecule has 4 heterocycles. The third-order valence-electron chi connectivity index (χ3n) is 7.10. The Labute approximate surface area is 213 Å². The van der Waals surface area contributed by atoms with Gasteiger partial charge in [0.2, 0.25) is 0 Å². The first-order valence-corrected chi connectivity index (χ1v) is 12.9. The summed E-state index contributed by atoms with van der Waals surface area (Å²) in [5, 5.41) is 4.22. The lowest BCUT2D eigenvalue weighted by Gasteiger charge is -2.28. The molecule has 2 atom stereocenters. The van der Waals surface area contributed by atoms with Crippen molar-refractivity contribution >= 4 is 23.3 Å². The Hall–Kier alpha value is -2.49. The van der Waals surface area contributed by atoms with Gasteiger partial charge >= 0.3 is 5.97 Å². The SMILES string of the molecule is COC(=O)CCCN1C(=S)N[C@@H](c2ccccn2)[C@H]1c1cc(C)n(CCCN2CCOCC2)c1C. The van der Waals surface area contributed by atoms with Crippen LogP contribution in [0.1, 0.15) is 54.0 Å². The van der Waals surface area contributed by atoms with Crippen molar-refractivity contribution in [2.45, 2.75) is 51.7 Å². The standard InChI is InChI=1S/C26H37N5O3S/c1-19-18-21(20(2)30(19)13-7-11-29-14-16-34-17-15-29)25-24(22-8-4-5-10-27-22)28-26(35)31(25)12-6-9-23(32)33-3/h4-5,8,10,18,24-25H,6-7,9,11-17H2,1-3H3,(H,28,35)/t24-,25+/m0/s1. The molecule has 2 aromatic rings. The molecule has 35 heavy (non-hydrogen) atoms. The highest BCUT2D eigenvalue weighted by molar-refractivity contribution is 7.80. The molecule has 0 unspecified atom stereocenters. The van der Waals surface area contributed by atoms with E-state index in [2.05, 4.69) is 44.6 Å². The van der Waals surface area contributed by atoms with Crippen LogP contribution in [0.2, 0.25) is 0 Å². The predicted molar refractivity (Wildman–Crippen MR) is 139 cm³/mol. The van der Waals surface area contributed by atoms with Gasteiger partial charge in [-0.1, -0.05) is 6.07 Å². The number of pyridine rings is 1. The Morgan fingerprint density at radius 1 is 1.20 bits per heavy atom. The van der Waals surface area contributed by atoms with Crippen LogP contribution >= 0.6 is 12.2 Å². The third kappa shape index (κ3) is 6.02. The maximum absolute atomic E-state index is 11.7. The molecule has 190 valence electrons. The van der Waals surface area contributed by atoms with Crippen LogP contribution in [0.3, 0.4) is 0 Å². The molecule has 8 nitrogen and oxygen atoms in total. The molecule has 0 aliphatic carbocycles. The van der Waals surface area contributed by atoms with Gasteiger partial charge in [0.05, 0.1) is 38.1 Å². The highest BCUT2D eigenvalue weighted by Gasteiger charge is 2.41. The molecule has 0 radical (unpaired) electrons. The number of nitrogens with zero attached hydrogens (tertiary/aromatic N) is 4. The number of thiocarbonyl (C=S) groups is 1. The number of aromatic nitrogens is 2. The maximum Gasteiger partial charge on any atom is 0.305 e. The Bertz CT molecular complexity index is 1010. The summed E-state index contributed by atoms with van der Waals surface area (Å²) in [5.41, 5.74) is 4.74. The zero-order valence-electron chi connectivity index (χ0n) is 21.0. The lowest BCUT2D eigenvalue weighted by molar-refractivity contribution is -0.140. The summed E-state index contributed by atoms with van der Waals surface area (Å²) < 4.78 is 12.7. The fourth-order valence-corrected chi connectivity index (χ4v) is 5.56. The number of aryl methyl sites for hydroxylation is 1. The van der Waals surface area contributed by atoms with Crippen LogP contribution in [0.25, 0.3) is 0 Å². The van der Waals surface area contributed by atoms with Gasteiger partial charge < -0.3 is 24.3 Å². The predicted octanol–water partition coefficient (Wildman–Crippen LogP) is 3.15. The number of rotatable bonds is 10. The van der Waals surface area contributed by atoms with Crippen molar-refractivity contribution in [3.63, 3.8) is 0 Å². The smallest absolute Gasteiger partial charge is 0.305 e. The van der Waals surface area contributed by atoms with Gasteiger partial charge in [0.15, 0.2) is 5.11 Å². The molecule has 0 saturated carbocycles. The molecule has 0 aromatic carbocycles. The minimum absolute atomic E-state index is 0.00856. The van der Waals surface area contributed by atoms with Crippen LogP contribution in [0.4, 0.5) is 0 Å². The molecule has 2 aromatic heterocycles. The summed E-state index contributed by atoms with van der Waals surface area (Å²) in [6.45, 7) is 10.8. The first-order chi connectivity index (χ1) is 17.0. The van der Waals surface area contributed by atoms with E-state index in [-0.39, 0.29) is 18.1 Å². The van der Waals surface area contributed by atoms with Crippen LogP contribution < -0.4 is 5.32 Å². The van der Waals surface area contributed by atoms with E-state index in [1.165, 1.54) is 24.1 Å². The second-order valence-electron chi connectivity index (χ2n) is 9.29. The van der Waals surface area contributed by atoms with E-state index in [4.69, 9.17) is 21.7 Å². The first-order valence-electron chi connectivity index (χ1n) is 12.5. The molecule has 2 aliphatic heterocycles. The van der Waals surface area contributed by atoms with Crippen molar-refractivity contribution in [3.8, 4) is 0 Å². The number of methoxy groups -OCH3 is 1. The van der Waals surface area contributed by atoms with Crippen molar-refractivity contribution in [3.05, 3.63) is 53.1 Å². The normalized spacial score (nSPS) is 20.8. The molecule has 2 aliphatic rings. The molecule has 0 amide bonds. The topological polar surface area (TPSA) is 71.9 Å². The molecule has 1 N–H and O–H groups in total. The van der Waals surface area contributed by atoms with Gasteiger partial charge in [-0.25, -0.2) is 0 Å². The summed E-state index contributed by atoms with van der Waals surface area (Å²) in [5.74, 6) is -0.195. The van der Waals surface area contributed by atoms with Crippen molar-refractivity contribution in [2.24, 2.45) is 0 Å². The summed E-state index contributed by atoms with van der Waals surface area (Å²) >= 11 is 5.78. The van der Waals surface area contributed by atoms with E-state index in [0.717, 1.165) is 51.5 Å². The third-order valence-corrected chi connectivity index (χ3v) is 7.45. The summed E-state index contributed by atoms with van der Waals surface area (Å²) in [7, 11) is 1.43. The molecule has 9 heteroatoms. The van der Waals surface area contributed by atoms with Crippen LogP contribution in [0.15, 0.2) is 30.5 Å². The monoisotopic (exact) mass is 499 g/mol. The number of carbonyl (C=O) groups excluding carboxylic acids is 1. The fourth-order valence-electron chi connectivity index (χ4n) is 5.23. The lowest BCUT2D eigenvalue weighted by Crippen LogP contribution is -2.37. The second kappa shape index (κ2) is 12.0. The highest BCUT2D eigenvalue weighted by Crippen LogP contribution is 2.41. The molecule has 0 spiro atoms. The van der Waals surface area contributed by atoms with Gasteiger partial charge in [-0.2, -0.15) is 0 Å². The number of ether oxygens (including phenoxy) is 2. The Morgan fingerprint density at radius 2 is 2.00 bits per heavy atom. The first kappa shape index (κ1) is 25.6. The number of carbonyl (C=O) groups is 1.